The Morgan fingerprint density at radius 2 is 1.70 bits per heavy atom. The molecule has 0 heterocycles. The van der Waals surface area contributed by atoms with Crippen LogP contribution in [0.2, 0.25) is 0 Å². The molecule has 3 nitrogen and oxygen atoms in total. The van der Waals surface area contributed by atoms with Gasteiger partial charge in [0.05, 0.1) is 6.54 Å². The Morgan fingerprint density at radius 1 is 1.05 bits per heavy atom. The van der Waals surface area contributed by atoms with Crippen molar-refractivity contribution < 1.29 is 4.74 Å². The second-order valence-electron chi connectivity index (χ2n) is 4.55. The topological polar surface area (TPSA) is 34.0 Å². The van der Waals surface area contributed by atoms with Crippen LogP contribution in [0.5, 0.6) is 0 Å². The molecule has 1 unspecified atom stereocenters. The molecule has 1 atom stereocenters. The lowest BCUT2D eigenvalue weighted by atomic mass is 10.1. The monoisotopic (exact) mass is 332 g/mol. The first-order valence-corrected chi connectivity index (χ1v) is 7.18. The molecule has 0 amide bonds. The van der Waals surface area contributed by atoms with E-state index in [1.807, 2.05) is 61.5 Å². The van der Waals surface area contributed by atoms with E-state index < -0.39 is 5.72 Å². The highest BCUT2D eigenvalue weighted by atomic mass is 79.9. The predicted molar refractivity (Wildman–Crippen MR) is 83.5 cm³/mol. The van der Waals surface area contributed by atoms with E-state index in [0.29, 0.717) is 6.54 Å². The molecule has 0 aliphatic heterocycles. The number of azo groups is 1. The van der Waals surface area contributed by atoms with Crippen molar-refractivity contribution in [1.29, 1.82) is 0 Å². The third kappa shape index (κ3) is 3.52. The van der Waals surface area contributed by atoms with Crippen molar-refractivity contribution in [3.63, 3.8) is 0 Å². The Kier molecular flexibility index (Phi) is 5.04. The van der Waals surface area contributed by atoms with Gasteiger partial charge < -0.3 is 4.74 Å². The van der Waals surface area contributed by atoms with Gasteiger partial charge in [-0.2, -0.15) is 10.2 Å². The van der Waals surface area contributed by atoms with Gasteiger partial charge in [-0.1, -0.05) is 64.5 Å². The number of nitrogens with zero attached hydrogens (tertiary/aromatic N) is 2. The third-order valence-corrected chi connectivity index (χ3v) is 3.82. The van der Waals surface area contributed by atoms with Gasteiger partial charge in [0, 0.05) is 17.1 Å². The van der Waals surface area contributed by atoms with Crippen LogP contribution >= 0.6 is 15.9 Å². The first-order valence-electron chi connectivity index (χ1n) is 6.38. The number of rotatable bonds is 5. The number of hydrogen-bond donors (Lipinski definition) is 0. The van der Waals surface area contributed by atoms with E-state index in [1.165, 1.54) is 0 Å². The molecule has 2 rings (SSSR count). The molecule has 0 aromatic heterocycles. The standard InChI is InChI=1S/C16H17BrN2O/c1-16(20-2,14-10-6-7-11-15(14)17)19-18-12-13-8-4-3-5-9-13/h3-11H,12H2,1-2H3. The van der Waals surface area contributed by atoms with E-state index in [9.17, 15) is 0 Å². The van der Waals surface area contributed by atoms with Gasteiger partial charge in [0.25, 0.3) is 0 Å². The van der Waals surface area contributed by atoms with Gasteiger partial charge in [0.1, 0.15) is 0 Å². The number of halogens is 1. The van der Waals surface area contributed by atoms with Gasteiger partial charge in [-0.25, -0.2) is 0 Å². The van der Waals surface area contributed by atoms with E-state index in [1.54, 1.807) is 7.11 Å². The summed E-state index contributed by atoms with van der Waals surface area (Å²) < 4.78 is 6.51. The lowest BCUT2D eigenvalue weighted by molar-refractivity contribution is 0.00218. The third-order valence-electron chi connectivity index (χ3n) is 3.13. The Morgan fingerprint density at radius 3 is 2.35 bits per heavy atom. The van der Waals surface area contributed by atoms with Crippen LogP contribution in [0.1, 0.15) is 18.1 Å². The molecule has 0 radical (unpaired) electrons. The largest absolute Gasteiger partial charge is 0.352 e. The highest BCUT2D eigenvalue weighted by molar-refractivity contribution is 9.10. The SMILES string of the molecule is COC(C)(N=NCc1ccccc1)c1ccccc1Br. The van der Waals surface area contributed by atoms with Crippen molar-refractivity contribution in [3.8, 4) is 0 Å². The van der Waals surface area contributed by atoms with Crippen molar-refractivity contribution in [1.82, 2.24) is 0 Å². The van der Waals surface area contributed by atoms with Crippen LogP contribution in [0.15, 0.2) is 69.3 Å². The minimum Gasteiger partial charge on any atom is -0.352 e. The van der Waals surface area contributed by atoms with E-state index in [2.05, 4.69) is 26.2 Å². The maximum absolute atomic E-state index is 5.55. The zero-order valence-corrected chi connectivity index (χ0v) is 13.2. The van der Waals surface area contributed by atoms with E-state index in [-0.39, 0.29) is 0 Å². The van der Waals surface area contributed by atoms with Crippen LogP contribution in [-0.4, -0.2) is 7.11 Å². The van der Waals surface area contributed by atoms with E-state index >= 15 is 0 Å². The molecule has 0 saturated heterocycles. The van der Waals surface area contributed by atoms with Crippen molar-refractivity contribution in [2.75, 3.05) is 7.11 Å². The molecule has 0 bridgehead atoms. The summed E-state index contributed by atoms with van der Waals surface area (Å²) in [6, 6.07) is 17.9. The molecular weight excluding hydrogens is 316 g/mol. The number of hydrogen-bond acceptors (Lipinski definition) is 3. The van der Waals surface area contributed by atoms with Gasteiger partial charge in [0.2, 0.25) is 5.72 Å². The minimum atomic E-state index is -0.783. The summed E-state index contributed by atoms with van der Waals surface area (Å²) in [5.74, 6) is 0. The molecule has 0 aliphatic rings. The summed E-state index contributed by atoms with van der Waals surface area (Å²) in [5, 5.41) is 8.65. The zero-order valence-electron chi connectivity index (χ0n) is 11.6. The molecule has 4 heteroatoms. The summed E-state index contributed by atoms with van der Waals surface area (Å²) in [6.45, 7) is 2.45. The van der Waals surface area contributed by atoms with Crippen LogP contribution in [0.4, 0.5) is 0 Å². The average molecular weight is 333 g/mol. The summed E-state index contributed by atoms with van der Waals surface area (Å²) >= 11 is 3.53. The molecule has 0 N–H and O–H groups in total. The number of benzene rings is 2. The van der Waals surface area contributed by atoms with Gasteiger partial charge in [0.15, 0.2) is 0 Å². The Hall–Kier alpha value is -1.52. The number of ether oxygens (including phenoxy) is 1. The van der Waals surface area contributed by atoms with Crippen LogP contribution in [0.25, 0.3) is 0 Å². The summed E-state index contributed by atoms with van der Waals surface area (Å²) in [5.41, 5.74) is 1.30. The fourth-order valence-electron chi connectivity index (χ4n) is 1.88. The molecule has 0 aliphatic carbocycles. The van der Waals surface area contributed by atoms with Crippen LogP contribution in [-0.2, 0) is 17.0 Å². The van der Waals surface area contributed by atoms with Crippen molar-refractivity contribution in [2.24, 2.45) is 10.2 Å². The molecule has 0 fully saturated rings. The van der Waals surface area contributed by atoms with Gasteiger partial charge in [-0.3, -0.25) is 0 Å². The molecule has 104 valence electrons. The molecule has 2 aromatic rings. The fraction of sp³-hybridized carbons (Fsp3) is 0.250. The zero-order chi connectivity index (χ0) is 14.4. The van der Waals surface area contributed by atoms with Crippen molar-refractivity contribution in [3.05, 3.63) is 70.2 Å². The van der Waals surface area contributed by atoms with Gasteiger partial charge in [-0.05, 0) is 18.6 Å². The Labute approximate surface area is 127 Å². The van der Waals surface area contributed by atoms with Crippen LogP contribution in [0.3, 0.4) is 0 Å². The predicted octanol–water partition coefficient (Wildman–Crippen LogP) is 4.92. The van der Waals surface area contributed by atoms with E-state index in [4.69, 9.17) is 4.74 Å². The minimum absolute atomic E-state index is 0.546. The normalized spacial score (nSPS) is 14.3. The van der Waals surface area contributed by atoms with Crippen molar-refractivity contribution >= 4 is 15.9 Å². The van der Waals surface area contributed by atoms with Crippen LogP contribution in [0, 0.1) is 0 Å². The fourth-order valence-corrected chi connectivity index (χ4v) is 2.53. The van der Waals surface area contributed by atoms with Gasteiger partial charge >= 0.3 is 0 Å². The second kappa shape index (κ2) is 6.77. The molecule has 20 heavy (non-hydrogen) atoms. The first-order chi connectivity index (χ1) is 9.65. The highest BCUT2D eigenvalue weighted by Gasteiger charge is 2.27. The lowest BCUT2D eigenvalue weighted by Crippen LogP contribution is -2.21. The maximum Gasteiger partial charge on any atom is 0.202 e. The summed E-state index contributed by atoms with van der Waals surface area (Å²) in [4.78, 5) is 0. The molecule has 0 saturated carbocycles. The quantitative estimate of drug-likeness (QED) is 0.715. The van der Waals surface area contributed by atoms with Crippen LogP contribution < -0.4 is 0 Å². The smallest absolute Gasteiger partial charge is 0.202 e. The molecular formula is C16H17BrN2O. The first kappa shape index (κ1) is 14.9. The summed E-state index contributed by atoms with van der Waals surface area (Å²) in [6.07, 6.45) is 0. The molecule has 2 aromatic carbocycles. The van der Waals surface area contributed by atoms with Gasteiger partial charge in [-0.15, -0.1) is 0 Å². The van der Waals surface area contributed by atoms with E-state index in [0.717, 1.165) is 15.6 Å². The number of methoxy groups -OCH3 is 1. The average Bonchev–Trinajstić information content (AvgIpc) is 2.48. The highest BCUT2D eigenvalue weighted by Crippen LogP contribution is 2.32. The Bertz CT molecular complexity index is 586. The second-order valence-corrected chi connectivity index (χ2v) is 5.41. The van der Waals surface area contributed by atoms with Crippen molar-refractivity contribution in [2.45, 2.75) is 19.2 Å². The Balaban J connectivity index is 2.18. The molecule has 0 spiro atoms. The summed E-state index contributed by atoms with van der Waals surface area (Å²) in [7, 11) is 1.64. The maximum atomic E-state index is 5.55. The lowest BCUT2D eigenvalue weighted by Gasteiger charge is -2.23.